The fraction of sp³-hybridized carbons (Fsp3) is 0.211. The Kier molecular flexibility index (Phi) is 5.23. The number of carbonyl (C=O) groups excluding carboxylic acids is 1. The van der Waals surface area contributed by atoms with E-state index >= 15 is 0 Å². The molecule has 0 aliphatic heterocycles. The number of benzene rings is 2. The number of ether oxygens (including phenoxy) is 1. The van der Waals surface area contributed by atoms with Gasteiger partial charge in [-0.15, -0.1) is 10.2 Å². The van der Waals surface area contributed by atoms with Crippen molar-refractivity contribution in [1.29, 1.82) is 0 Å². The van der Waals surface area contributed by atoms with E-state index < -0.39 is 5.91 Å². The van der Waals surface area contributed by atoms with Crippen molar-refractivity contribution < 1.29 is 9.53 Å². The van der Waals surface area contributed by atoms with Crippen LogP contribution in [0.4, 0.5) is 5.69 Å². The van der Waals surface area contributed by atoms with Crippen LogP contribution in [0.1, 0.15) is 28.0 Å². The second-order valence-electron chi connectivity index (χ2n) is 5.91. The lowest BCUT2D eigenvalue weighted by atomic mass is 10.0. The third-order valence-corrected chi connectivity index (χ3v) is 4.67. The minimum atomic E-state index is -0.687. The molecule has 0 aliphatic carbocycles. The van der Waals surface area contributed by atoms with E-state index in [-0.39, 0.29) is 11.4 Å². The summed E-state index contributed by atoms with van der Waals surface area (Å²) in [4.78, 5) is 11.4. The van der Waals surface area contributed by atoms with E-state index in [1.807, 2.05) is 36.4 Å². The lowest BCUT2D eigenvalue weighted by Gasteiger charge is -2.11. The molecule has 0 atom stereocenters. The Balaban J connectivity index is 1.84. The number of fused-ring (bicyclic) bond motifs is 1. The zero-order valence-corrected chi connectivity index (χ0v) is 15.1. The molecule has 1 aromatic heterocycles. The molecule has 2 aromatic carbocycles. The number of anilines is 1. The van der Waals surface area contributed by atoms with E-state index in [2.05, 4.69) is 10.2 Å². The molecular weight excluding hydrogens is 352 g/mol. The number of amides is 1. The van der Waals surface area contributed by atoms with E-state index in [1.54, 1.807) is 7.11 Å². The second kappa shape index (κ2) is 7.58. The first-order valence-corrected chi connectivity index (χ1v) is 8.55. The molecule has 6 nitrogen and oxygen atoms in total. The van der Waals surface area contributed by atoms with Gasteiger partial charge in [-0.3, -0.25) is 4.79 Å². The predicted molar refractivity (Wildman–Crippen MR) is 102 cm³/mol. The van der Waals surface area contributed by atoms with Crippen LogP contribution in [0.5, 0.6) is 5.75 Å². The van der Waals surface area contributed by atoms with Gasteiger partial charge in [0, 0.05) is 16.0 Å². The summed E-state index contributed by atoms with van der Waals surface area (Å²) in [7, 11) is 1.63. The number of nitrogen functional groups attached to an aromatic ring is 1. The number of nitrogens with zero attached hydrogens (tertiary/aromatic N) is 2. The van der Waals surface area contributed by atoms with Gasteiger partial charge in [-0.2, -0.15) is 0 Å². The molecule has 0 fully saturated rings. The number of methoxy groups -OCH3 is 1. The van der Waals surface area contributed by atoms with Gasteiger partial charge in [0.1, 0.15) is 5.75 Å². The molecule has 0 radical (unpaired) electrons. The molecule has 3 rings (SSSR count). The molecule has 26 heavy (non-hydrogen) atoms. The molecule has 0 spiro atoms. The van der Waals surface area contributed by atoms with Gasteiger partial charge in [0.2, 0.25) is 0 Å². The van der Waals surface area contributed by atoms with Crippen LogP contribution in [-0.4, -0.2) is 23.2 Å². The maximum atomic E-state index is 11.4. The molecule has 0 bridgehead atoms. The number of hydrogen-bond acceptors (Lipinski definition) is 5. The third kappa shape index (κ3) is 3.41. The molecule has 4 N–H and O–H groups in total. The van der Waals surface area contributed by atoms with Crippen LogP contribution in [0.2, 0.25) is 5.02 Å². The van der Waals surface area contributed by atoms with Gasteiger partial charge in [-0.25, -0.2) is 0 Å². The molecule has 0 saturated heterocycles. The smallest absolute Gasteiger partial charge is 0.271 e. The molecule has 0 unspecified atom stereocenters. The van der Waals surface area contributed by atoms with Crippen LogP contribution < -0.4 is 16.2 Å². The minimum Gasteiger partial charge on any atom is -0.496 e. The van der Waals surface area contributed by atoms with Crippen LogP contribution in [-0.2, 0) is 12.8 Å². The fourth-order valence-electron chi connectivity index (χ4n) is 3.02. The summed E-state index contributed by atoms with van der Waals surface area (Å²) in [5.41, 5.74) is 14.2. The van der Waals surface area contributed by atoms with Crippen molar-refractivity contribution in [2.45, 2.75) is 19.3 Å². The van der Waals surface area contributed by atoms with Gasteiger partial charge in [0.25, 0.3) is 5.91 Å². The molecule has 0 aliphatic rings. The summed E-state index contributed by atoms with van der Waals surface area (Å²) < 4.78 is 5.38. The molecule has 7 heteroatoms. The van der Waals surface area contributed by atoms with Gasteiger partial charge >= 0.3 is 0 Å². The van der Waals surface area contributed by atoms with Gasteiger partial charge < -0.3 is 16.2 Å². The summed E-state index contributed by atoms with van der Waals surface area (Å²) in [6.07, 6.45) is 2.37. The number of carbonyl (C=O) groups is 1. The Morgan fingerprint density at radius 3 is 2.65 bits per heavy atom. The fourth-order valence-corrected chi connectivity index (χ4v) is 3.28. The first kappa shape index (κ1) is 17.9. The lowest BCUT2D eigenvalue weighted by molar-refractivity contribution is 0.0996. The Bertz CT molecular complexity index is 975. The van der Waals surface area contributed by atoms with E-state index in [9.17, 15) is 4.79 Å². The molecular formula is C19H19ClN4O2. The number of hydrogen-bond donors (Lipinski definition) is 2. The van der Waals surface area contributed by atoms with Gasteiger partial charge in [-0.1, -0.05) is 35.9 Å². The summed E-state index contributed by atoms with van der Waals surface area (Å²) in [5.74, 6) is 0.0960. The van der Waals surface area contributed by atoms with Crippen LogP contribution >= 0.6 is 11.6 Å². The molecule has 0 saturated carbocycles. The van der Waals surface area contributed by atoms with Crippen LogP contribution in [0.15, 0.2) is 36.4 Å². The number of halogens is 1. The molecule has 3 aromatic rings. The number of rotatable bonds is 6. The van der Waals surface area contributed by atoms with E-state index in [4.69, 9.17) is 27.8 Å². The minimum absolute atomic E-state index is 0.00421. The lowest BCUT2D eigenvalue weighted by Crippen LogP contribution is -2.17. The largest absolute Gasteiger partial charge is 0.496 e. The zero-order chi connectivity index (χ0) is 18.7. The standard InChI is InChI=1S/C19H19ClN4O2/c1-26-15-10-4-9-14(20)12(15)7-2-5-11-6-3-8-13-16(21)18(19(22)25)24-23-17(11)13/h3-4,6,8-10H,2,5,7H2,1H3,(H2,21,23)(H2,22,25). The van der Waals surface area contributed by atoms with Crippen molar-refractivity contribution in [2.24, 2.45) is 5.73 Å². The maximum absolute atomic E-state index is 11.4. The average Bonchev–Trinajstić information content (AvgIpc) is 2.63. The number of nitrogens with two attached hydrogens (primary N) is 2. The highest BCUT2D eigenvalue weighted by molar-refractivity contribution is 6.31. The zero-order valence-electron chi connectivity index (χ0n) is 14.3. The predicted octanol–water partition coefficient (Wildman–Crippen LogP) is 3.15. The van der Waals surface area contributed by atoms with E-state index in [0.717, 1.165) is 36.1 Å². The second-order valence-corrected chi connectivity index (χ2v) is 6.32. The monoisotopic (exact) mass is 370 g/mol. The third-order valence-electron chi connectivity index (χ3n) is 4.32. The Morgan fingerprint density at radius 1 is 1.15 bits per heavy atom. The first-order chi connectivity index (χ1) is 12.5. The van der Waals surface area contributed by atoms with Crippen molar-refractivity contribution in [2.75, 3.05) is 12.8 Å². The van der Waals surface area contributed by atoms with Gasteiger partial charge in [-0.05, 0) is 37.0 Å². The average molecular weight is 371 g/mol. The van der Waals surface area contributed by atoms with Crippen molar-refractivity contribution in [3.8, 4) is 5.75 Å². The highest BCUT2D eigenvalue weighted by atomic mass is 35.5. The van der Waals surface area contributed by atoms with Gasteiger partial charge in [0.15, 0.2) is 5.69 Å². The van der Waals surface area contributed by atoms with Crippen molar-refractivity contribution in [3.05, 3.63) is 58.2 Å². The number of aryl methyl sites for hydroxylation is 1. The van der Waals surface area contributed by atoms with Crippen molar-refractivity contribution in [3.63, 3.8) is 0 Å². The highest BCUT2D eigenvalue weighted by Gasteiger charge is 2.14. The normalized spacial score (nSPS) is 10.8. The Morgan fingerprint density at radius 2 is 1.92 bits per heavy atom. The summed E-state index contributed by atoms with van der Waals surface area (Å²) >= 11 is 6.29. The Labute approximate surface area is 156 Å². The van der Waals surface area contributed by atoms with Crippen LogP contribution in [0.3, 0.4) is 0 Å². The molecule has 1 amide bonds. The van der Waals surface area contributed by atoms with E-state index in [0.29, 0.717) is 15.9 Å². The Hall–Kier alpha value is -2.86. The quantitative estimate of drug-likeness (QED) is 0.693. The van der Waals surface area contributed by atoms with Crippen molar-refractivity contribution in [1.82, 2.24) is 10.2 Å². The summed E-state index contributed by atoms with van der Waals surface area (Å²) in [5, 5.41) is 9.42. The maximum Gasteiger partial charge on any atom is 0.271 e. The highest BCUT2D eigenvalue weighted by Crippen LogP contribution is 2.29. The van der Waals surface area contributed by atoms with E-state index in [1.165, 1.54) is 0 Å². The number of aromatic nitrogens is 2. The topological polar surface area (TPSA) is 104 Å². The van der Waals surface area contributed by atoms with Crippen molar-refractivity contribution >= 4 is 34.1 Å². The number of primary amides is 1. The SMILES string of the molecule is COc1cccc(Cl)c1CCCc1cccc2c(N)c(C(N)=O)nnc12. The molecule has 1 heterocycles. The van der Waals surface area contributed by atoms with Gasteiger partial charge in [0.05, 0.1) is 18.3 Å². The summed E-state index contributed by atoms with van der Waals surface area (Å²) in [6.45, 7) is 0. The molecule has 134 valence electrons. The van der Waals surface area contributed by atoms with Crippen LogP contribution in [0.25, 0.3) is 10.9 Å². The summed E-state index contributed by atoms with van der Waals surface area (Å²) in [6, 6.07) is 11.3. The first-order valence-electron chi connectivity index (χ1n) is 8.18. The van der Waals surface area contributed by atoms with Crippen LogP contribution in [0, 0.1) is 0 Å².